The van der Waals surface area contributed by atoms with E-state index in [4.69, 9.17) is 0 Å². The lowest BCUT2D eigenvalue weighted by Gasteiger charge is -2.38. The Morgan fingerprint density at radius 1 is 1.00 bits per heavy atom. The molecule has 0 saturated carbocycles. The number of likely N-dealkylation sites (tertiary alicyclic amines) is 1. The van der Waals surface area contributed by atoms with Crippen LogP contribution in [0.4, 0.5) is 0 Å². The number of hydrogen-bond acceptors (Lipinski definition) is 4. The zero-order chi connectivity index (χ0) is 18.4. The maximum atomic E-state index is 11.7. The quantitative estimate of drug-likeness (QED) is 0.409. The molecule has 0 N–H and O–H groups in total. The minimum Gasteiger partial charge on any atom is -0.299 e. The van der Waals surface area contributed by atoms with Crippen molar-refractivity contribution in [2.45, 2.75) is 73.6 Å². The first-order chi connectivity index (χ1) is 10.4. The van der Waals surface area contributed by atoms with E-state index in [1.165, 1.54) is 7.05 Å². The van der Waals surface area contributed by atoms with E-state index in [2.05, 4.69) is 6.92 Å². The number of ketones is 2. The van der Waals surface area contributed by atoms with Crippen LogP contribution in [0.5, 0.6) is 0 Å². The van der Waals surface area contributed by atoms with Crippen molar-refractivity contribution < 1.29 is 19.2 Å². The average molecular weight is 325 g/mol. The van der Waals surface area contributed by atoms with Crippen molar-refractivity contribution in [2.75, 3.05) is 7.05 Å². The summed E-state index contributed by atoms with van der Waals surface area (Å²) >= 11 is 0. The second kappa shape index (κ2) is 8.37. The standard InChI is InChI=1S/C12H22O2.C6H9NO2/c1-5-7-8-9-11(14)12(3,4)10(13)6-2;1-6(2)4(8)7(3)5(6)9/h5-9H2,1-4H3;1-3H3. The van der Waals surface area contributed by atoms with Crippen LogP contribution in [0.25, 0.3) is 0 Å². The van der Waals surface area contributed by atoms with Crippen LogP contribution in [-0.2, 0) is 19.2 Å². The minimum absolute atomic E-state index is 0.0546. The molecule has 5 nitrogen and oxygen atoms in total. The van der Waals surface area contributed by atoms with Crippen LogP contribution >= 0.6 is 0 Å². The number of rotatable bonds is 7. The topological polar surface area (TPSA) is 71.5 Å². The molecule has 1 aliphatic heterocycles. The van der Waals surface area contributed by atoms with Crippen molar-refractivity contribution in [3.05, 3.63) is 0 Å². The van der Waals surface area contributed by atoms with Gasteiger partial charge in [0.1, 0.15) is 17.0 Å². The molecule has 0 aromatic heterocycles. The summed E-state index contributed by atoms with van der Waals surface area (Å²) in [5.41, 5.74) is -1.50. The van der Waals surface area contributed by atoms with E-state index in [1.54, 1.807) is 27.7 Å². The van der Waals surface area contributed by atoms with Gasteiger partial charge in [0.15, 0.2) is 0 Å². The van der Waals surface area contributed by atoms with Gasteiger partial charge in [-0.3, -0.25) is 24.1 Å². The molecule has 132 valence electrons. The zero-order valence-electron chi connectivity index (χ0n) is 15.6. The molecule has 1 aliphatic rings. The molecule has 1 rings (SSSR count). The predicted octanol–water partition coefficient (Wildman–Crippen LogP) is 3.15. The van der Waals surface area contributed by atoms with E-state index in [9.17, 15) is 19.2 Å². The first-order valence-electron chi connectivity index (χ1n) is 8.33. The maximum absolute atomic E-state index is 11.7. The fraction of sp³-hybridized carbons (Fsp3) is 0.778. The summed E-state index contributed by atoms with van der Waals surface area (Å²) in [7, 11) is 1.50. The van der Waals surface area contributed by atoms with Crippen LogP contribution in [0.3, 0.4) is 0 Å². The van der Waals surface area contributed by atoms with Gasteiger partial charge in [0.2, 0.25) is 11.8 Å². The summed E-state index contributed by atoms with van der Waals surface area (Å²) in [6.07, 6.45) is 4.09. The summed E-state index contributed by atoms with van der Waals surface area (Å²) in [4.78, 5) is 45.9. The van der Waals surface area contributed by atoms with Gasteiger partial charge in [-0.25, -0.2) is 0 Å². The molecule has 1 heterocycles. The van der Waals surface area contributed by atoms with E-state index in [-0.39, 0.29) is 23.4 Å². The Hall–Kier alpha value is -1.52. The third-order valence-electron chi connectivity index (χ3n) is 4.40. The van der Waals surface area contributed by atoms with Gasteiger partial charge in [-0.05, 0) is 34.1 Å². The van der Waals surface area contributed by atoms with Crippen molar-refractivity contribution in [3.8, 4) is 0 Å². The van der Waals surface area contributed by atoms with Crippen LogP contribution in [0.2, 0.25) is 0 Å². The lowest BCUT2D eigenvalue weighted by Crippen LogP contribution is -2.61. The highest BCUT2D eigenvalue weighted by atomic mass is 16.2. The number of hydrogen-bond donors (Lipinski definition) is 0. The third kappa shape index (κ3) is 4.98. The molecule has 0 aromatic carbocycles. The number of amides is 2. The second-order valence-corrected chi connectivity index (χ2v) is 7.08. The molecular formula is C18H31NO4. The third-order valence-corrected chi connectivity index (χ3v) is 4.40. The smallest absolute Gasteiger partial charge is 0.244 e. The van der Waals surface area contributed by atoms with Crippen LogP contribution < -0.4 is 0 Å². The predicted molar refractivity (Wildman–Crippen MR) is 89.8 cm³/mol. The van der Waals surface area contributed by atoms with Crippen molar-refractivity contribution in [2.24, 2.45) is 10.8 Å². The number of β-lactam (4-membered cyclic amide) rings is 2. The van der Waals surface area contributed by atoms with E-state index in [1.807, 2.05) is 6.92 Å². The van der Waals surface area contributed by atoms with Crippen molar-refractivity contribution in [3.63, 3.8) is 0 Å². The molecule has 23 heavy (non-hydrogen) atoms. The van der Waals surface area contributed by atoms with E-state index < -0.39 is 10.8 Å². The van der Waals surface area contributed by atoms with E-state index in [0.29, 0.717) is 12.8 Å². The van der Waals surface area contributed by atoms with E-state index in [0.717, 1.165) is 24.2 Å². The minimum atomic E-state index is -0.761. The van der Waals surface area contributed by atoms with Crippen LogP contribution in [0, 0.1) is 10.8 Å². The largest absolute Gasteiger partial charge is 0.299 e. The summed E-state index contributed by atoms with van der Waals surface area (Å²) in [6.45, 7) is 10.7. The number of Topliss-reactive ketones (excluding diaryl/α,β-unsaturated/α-hetero) is 2. The molecule has 0 unspecified atom stereocenters. The van der Waals surface area contributed by atoms with Crippen LogP contribution in [-0.4, -0.2) is 35.3 Å². The Morgan fingerprint density at radius 3 is 1.78 bits per heavy atom. The molecule has 5 heteroatoms. The number of carbonyl (C=O) groups excluding carboxylic acids is 4. The van der Waals surface area contributed by atoms with Gasteiger partial charge in [0.25, 0.3) is 0 Å². The highest BCUT2D eigenvalue weighted by Crippen LogP contribution is 2.30. The molecule has 0 radical (unpaired) electrons. The lowest BCUT2D eigenvalue weighted by atomic mass is 9.80. The monoisotopic (exact) mass is 325 g/mol. The molecule has 2 amide bonds. The highest BCUT2D eigenvalue weighted by molar-refractivity contribution is 6.20. The van der Waals surface area contributed by atoms with Gasteiger partial charge < -0.3 is 0 Å². The molecule has 0 aromatic rings. The molecule has 0 spiro atoms. The van der Waals surface area contributed by atoms with Crippen molar-refractivity contribution in [1.82, 2.24) is 4.90 Å². The Morgan fingerprint density at radius 2 is 1.48 bits per heavy atom. The van der Waals surface area contributed by atoms with Gasteiger partial charge in [-0.2, -0.15) is 0 Å². The fourth-order valence-electron chi connectivity index (χ4n) is 2.41. The Kier molecular flexibility index (Phi) is 7.81. The molecule has 1 fully saturated rings. The van der Waals surface area contributed by atoms with Gasteiger partial charge in [-0.15, -0.1) is 0 Å². The van der Waals surface area contributed by atoms with Crippen LogP contribution in [0.1, 0.15) is 73.6 Å². The molecule has 1 saturated heterocycles. The summed E-state index contributed by atoms with van der Waals surface area (Å²) in [6, 6.07) is 0. The molecular weight excluding hydrogens is 294 g/mol. The summed E-state index contributed by atoms with van der Waals surface area (Å²) < 4.78 is 0. The number of unbranched alkanes of at least 4 members (excludes halogenated alkanes) is 2. The van der Waals surface area contributed by atoms with Gasteiger partial charge in [0, 0.05) is 19.9 Å². The van der Waals surface area contributed by atoms with Crippen molar-refractivity contribution in [1.29, 1.82) is 0 Å². The molecule has 0 aliphatic carbocycles. The van der Waals surface area contributed by atoms with Crippen LogP contribution in [0.15, 0.2) is 0 Å². The number of carbonyl (C=O) groups is 4. The van der Waals surface area contributed by atoms with Gasteiger partial charge in [-0.1, -0.05) is 26.7 Å². The lowest BCUT2D eigenvalue weighted by molar-refractivity contribution is -0.171. The second-order valence-electron chi connectivity index (χ2n) is 7.08. The normalized spacial score (nSPS) is 16.4. The number of nitrogens with zero attached hydrogens (tertiary/aromatic N) is 1. The fourth-order valence-corrected chi connectivity index (χ4v) is 2.41. The van der Waals surface area contributed by atoms with Gasteiger partial charge >= 0.3 is 0 Å². The van der Waals surface area contributed by atoms with Crippen molar-refractivity contribution >= 4 is 23.4 Å². The Balaban J connectivity index is 0.000000459. The maximum Gasteiger partial charge on any atom is 0.244 e. The Labute approximate surface area is 139 Å². The SMILES string of the molecule is CCCCCC(=O)C(C)(C)C(=O)CC.CN1C(=O)C(C)(C)C1=O. The molecule has 0 atom stereocenters. The molecule has 0 bridgehead atoms. The summed E-state index contributed by atoms with van der Waals surface area (Å²) in [5.74, 6) is -0.0307. The zero-order valence-corrected chi connectivity index (χ0v) is 15.6. The Bertz CT molecular complexity index is 459. The first kappa shape index (κ1) is 21.5. The summed E-state index contributed by atoms with van der Waals surface area (Å²) in [5, 5.41) is 0. The van der Waals surface area contributed by atoms with E-state index >= 15 is 0 Å². The van der Waals surface area contributed by atoms with Gasteiger partial charge in [0.05, 0.1) is 5.41 Å². The highest BCUT2D eigenvalue weighted by Gasteiger charge is 2.51. The average Bonchev–Trinajstić information content (AvgIpc) is 2.52. The number of imide groups is 1. The first-order valence-corrected chi connectivity index (χ1v) is 8.33.